The van der Waals surface area contributed by atoms with E-state index in [1.54, 1.807) is 0 Å². The third-order valence-electron chi connectivity index (χ3n) is 21.3. The van der Waals surface area contributed by atoms with Gasteiger partial charge in [0.25, 0.3) is 0 Å². The van der Waals surface area contributed by atoms with Gasteiger partial charge in [0.15, 0.2) is 0 Å². The fraction of sp³-hybridized carbons (Fsp3) is 0.180. The smallest absolute Gasteiger partial charge is 0.0462 e. The van der Waals surface area contributed by atoms with E-state index in [-0.39, 0.29) is 0 Å². The van der Waals surface area contributed by atoms with Gasteiger partial charge < -0.3 is 29.4 Å². The quantitative estimate of drug-likeness (QED) is 0.0452. The number of nitrogens with zero attached hydrogens (tertiary/aromatic N) is 6. The van der Waals surface area contributed by atoms with E-state index in [1.807, 2.05) is 0 Å². The van der Waals surface area contributed by atoms with E-state index in [0.29, 0.717) is 0 Å². The predicted molar refractivity (Wildman–Crippen MR) is 464 cm³/mol. The van der Waals surface area contributed by atoms with E-state index in [0.717, 1.165) is 122 Å². The fourth-order valence-corrected chi connectivity index (χ4v) is 15.3. The van der Waals surface area contributed by atoms with E-state index in [9.17, 15) is 0 Å². The van der Waals surface area contributed by atoms with Crippen molar-refractivity contribution in [3.05, 3.63) is 346 Å². The van der Waals surface area contributed by atoms with Gasteiger partial charge in [-0.05, 0) is 295 Å². The molecule has 0 bridgehead atoms. The van der Waals surface area contributed by atoms with Gasteiger partial charge in [0.1, 0.15) is 0 Å². The van der Waals surface area contributed by atoms with Gasteiger partial charge in [-0.1, -0.05) is 200 Å². The topological polar surface area (TPSA) is 19.4 Å². The van der Waals surface area contributed by atoms with Crippen LogP contribution in [0.3, 0.4) is 0 Å². The maximum Gasteiger partial charge on any atom is 0.0462 e. The number of anilines is 10. The Kier molecular flexibility index (Phi) is 22.3. The molecule has 106 heavy (non-hydrogen) atoms. The minimum atomic E-state index is 0.866. The molecule has 2 aliphatic carbocycles. The van der Waals surface area contributed by atoms with Crippen molar-refractivity contribution < 1.29 is 0 Å². The van der Waals surface area contributed by atoms with Crippen LogP contribution in [0.15, 0.2) is 279 Å². The van der Waals surface area contributed by atoms with Gasteiger partial charge in [0, 0.05) is 109 Å². The first-order valence-corrected chi connectivity index (χ1v) is 38.4. The predicted octanol–water partition coefficient (Wildman–Crippen LogP) is 26.1. The van der Waals surface area contributed by atoms with Crippen molar-refractivity contribution in [1.29, 1.82) is 0 Å². The van der Waals surface area contributed by atoms with Gasteiger partial charge in [-0.3, -0.25) is 0 Å². The highest BCUT2D eigenvalue weighted by Crippen LogP contribution is 2.46. The lowest BCUT2D eigenvalue weighted by molar-refractivity contribution is 0.866. The van der Waals surface area contributed by atoms with Gasteiger partial charge in [0.05, 0.1) is 0 Å². The fourth-order valence-electron chi connectivity index (χ4n) is 15.3. The van der Waals surface area contributed by atoms with Crippen LogP contribution in [0.4, 0.5) is 56.9 Å². The van der Waals surface area contributed by atoms with Gasteiger partial charge in [0.2, 0.25) is 0 Å². The number of allylic oxidation sites excluding steroid dienone is 4. The van der Waals surface area contributed by atoms with E-state index in [2.05, 4.69) is 412 Å². The number of benzene rings is 12. The van der Waals surface area contributed by atoms with Gasteiger partial charge in [-0.2, -0.15) is 0 Å². The number of hydrogen-bond acceptors (Lipinski definition) is 6. The molecule has 0 spiro atoms. The normalized spacial score (nSPS) is 12.5. The molecular formula is C100H98N6. The van der Waals surface area contributed by atoms with Crippen molar-refractivity contribution in [1.82, 2.24) is 0 Å². The molecule has 0 amide bonds. The van der Waals surface area contributed by atoms with Crippen LogP contribution < -0.4 is 29.4 Å². The summed E-state index contributed by atoms with van der Waals surface area (Å²) in [5.41, 5.74) is 31.5. The lowest BCUT2D eigenvalue weighted by Crippen LogP contribution is -2.21. The zero-order valence-corrected chi connectivity index (χ0v) is 62.9. The Morgan fingerprint density at radius 3 is 0.802 bits per heavy atom. The van der Waals surface area contributed by atoms with Crippen LogP contribution in [0.25, 0.3) is 81.7 Å². The molecule has 0 radical (unpaired) electrons. The van der Waals surface area contributed by atoms with Crippen LogP contribution in [0.1, 0.15) is 122 Å². The Morgan fingerprint density at radius 1 is 0.255 bits per heavy atom. The summed E-state index contributed by atoms with van der Waals surface area (Å²) in [7, 11) is 0. The first-order chi connectivity index (χ1) is 52.1. The second-order valence-electron chi connectivity index (χ2n) is 27.6. The highest BCUT2D eigenvalue weighted by Gasteiger charge is 2.25. The molecule has 12 aromatic rings. The SMILES string of the molecule is CCN(CC)c1ccc(C=Cc2ccc(N(c3ccc(C=Cc4ccc(N(CC)CC)cc4)cc3)c3ccc(C4=CC5=CCc6cc(-c7ccc(N(c8ccc(C=Cc9ccc(N(CC)CC)cc9)cc8)c8ccc(C=Cc9ccc(N(CC)CC)cc9)cc8)cc7)cc7ccc(c5c67)C4)cc3)cc2)cc1. The molecule has 6 nitrogen and oxygen atoms in total. The van der Waals surface area contributed by atoms with Crippen LogP contribution >= 0.6 is 0 Å². The van der Waals surface area contributed by atoms with Gasteiger partial charge in [-0.15, -0.1) is 0 Å². The van der Waals surface area contributed by atoms with E-state index < -0.39 is 0 Å². The van der Waals surface area contributed by atoms with Gasteiger partial charge in [-0.25, -0.2) is 0 Å². The molecule has 0 N–H and O–H groups in total. The molecule has 0 aromatic heterocycles. The monoisotopic (exact) mass is 1380 g/mol. The van der Waals surface area contributed by atoms with Crippen LogP contribution in [0.5, 0.6) is 0 Å². The highest BCUT2D eigenvalue weighted by atomic mass is 15.2. The summed E-state index contributed by atoms with van der Waals surface area (Å²) < 4.78 is 0. The number of hydrogen-bond donors (Lipinski definition) is 0. The lowest BCUT2D eigenvalue weighted by atomic mass is 9.77. The van der Waals surface area contributed by atoms with Crippen molar-refractivity contribution >= 4 is 127 Å². The Labute approximate surface area is 630 Å². The molecule has 6 heteroatoms. The summed E-state index contributed by atoms with van der Waals surface area (Å²) in [6.07, 6.45) is 24.3. The summed E-state index contributed by atoms with van der Waals surface area (Å²) in [6, 6.07) is 99.3. The third-order valence-corrected chi connectivity index (χ3v) is 21.3. The largest absolute Gasteiger partial charge is 0.372 e. The van der Waals surface area contributed by atoms with Crippen molar-refractivity contribution in [2.75, 3.05) is 81.8 Å². The Balaban J connectivity index is 0.706. The molecule has 0 unspecified atom stereocenters. The molecule has 14 rings (SSSR count). The minimum absolute atomic E-state index is 0.866. The molecule has 0 aliphatic heterocycles. The van der Waals surface area contributed by atoms with E-state index in [4.69, 9.17) is 0 Å². The Morgan fingerprint density at radius 2 is 0.519 bits per heavy atom. The van der Waals surface area contributed by atoms with E-state index >= 15 is 0 Å². The van der Waals surface area contributed by atoms with Crippen LogP contribution in [-0.2, 0) is 12.8 Å². The molecule has 0 heterocycles. The van der Waals surface area contributed by atoms with Crippen LogP contribution in [0.2, 0.25) is 0 Å². The average molecular weight is 1380 g/mol. The van der Waals surface area contributed by atoms with Crippen molar-refractivity contribution in [3.8, 4) is 11.1 Å². The summed E-state index contributed by atoms with van der Waals surface area (Å²) in [6.45, 7) is 25.6. The zero-order chi connectivity index (χ0) is 72.9. The molecule has 0 fully saturated rings. The molecular weight excluding hydrogens is 1290 g/mol. The summed E-state index contributed by atoms with van der Waals surface area (Å²) >= 11 is 0. The summed E-state index contributed by atoms with van der Waals surface area (Å²) in [4.78, 5) is 14.3. The molecule has 0 atom stereocenters. The molecule has 12 aromatic carbocycles. The summed E-state index contributed by atoms with van der Waals surface area (Å²) in [5.74, 6) is 0. The van der Waals surface area contributed by atoms with Crippen molar-refractivity contribution in [2.45, 2.75) is 68.2 Å². The maximum absolute atomic E-state index is 2.46. The Bertz CT molecular complexity index is 4900. The van der Waals surface area contributed by atoms with Crippen LogP contribution in [-0.4, -0.2) is 52.4 Å². The van der Waals surface area contributed by atoms with Crippen molar-refractivity contribution in [3.63, 3.8) is 0 Å². The van der Waals surface area contributed by atoms with E-state index in [1.165, 1.54) is 100 Å². The zero-order valence-electron chi connectivity index (χ0n) is 62.9. The first kappa shape index (κ1) is 71.1. The highest BCUT2D eigenvalue weighted by molar-refractivity contribution is 6.06. The summed E-state index contributed by atoms with van der Waals surface area (Å²) in [5, 5.41) is 2.67. The number of rotatable bonds is 28. The minimum Gasteiger partial charge on any atom is -0.372 e. The average Bonchev–Trinajstić information content (AvgIpc) is 0.735. The first-order valence-electron chi connectivity index (χ1n) is 38.4. The lowest BCUT2D eigenvalue weighted by Gasteiger charge is -2.28. The molecule has 0 saturated heterocycles. The third kappa shape index (κ3) is 16.1. The van der Waals surface area contributed by atoms with Crippen LogP contribution in [0, 0.1) is 0 Å². The van der Waals surface area contributed by atoms with Crippen molar-refractivity contribution in [2.24, 2.45) is 0 Å². The molecule has 2 aliphatic rings. The Hall–Kier alpha value is -11.9. The second-order valence-corrected chi connectivity index (χ2v) is 27.6. The standard InChI is InChI=1S/C100H98N6/c1-9-101(10-2)89-49-25-73(26-50-89)17-21-77-33-57-93(58-34-77)105(94-59-35-78(36-60-94)22-18-74-27-51-90(52-28-74)102(11-3)12-4)97-65-45-81(46-66-97)87-69-83-41-43-85-71-88(72-86-44-42-84(70-87)99(83)100(85)86)82-47-67-98(68-48-82)106(95-61-37-79(38-62-95)23-19-75-29-53-91(54-30-75)103(13-5)14-6)96-63-39-80(40-64-96)24-20-76-31-55-92(56-32-76)104(15-7)16-8/h17-43,45-68,70-72H,9-16,44,69H2,1-8H3. The second kappa shape index (κ2) is 33.3. The van der Waals surface area contributed by atoms with Gasteiger partial charge >= 0.3 is 0 Å². The molecule has 528 valence electrons. The molecule has 0 saturated carbocycles. The maximum atomic E-state index is 2.46.